The van der Waals surface area contributed by atoms with Crippen LogP contribution in [0.1, 0.15) is 43.0 Å². The number of thiophene rings is 1. The number of aromatic nitrogens is 3. The third-order valence-corrected chi connectivity index (χ3v) is 6.47. The second kappa shape index (κ2) is 9.41. The highest BCUT2D eigenvalue weighted by molar-refractivity contribution is 7.17. The van der Waals surface area contributed by atoms with E-state index in [1.165, 1.54) is 4.80 Å². The number of aromatic carboxylic acids is 1. The van der Waals surface area contributed by atoms with Crippen molar-refractivity contribution >= 4 is 40.1 Å². The summed E-state index contributed by atoms with van der Waals surface area (Å²) < 4.78 is 0. The Morgan fingerprint density at radius 3 is 2.59 bits per heavy atom. The number of aliphatic carboxylic acids is 1. The highest BCUT2D eigenvalue weighted by Gasteiger charge is 2.32. The second-order valence-corrected chi connectivity index (χ2v) is 8.49. The Morgan fingerprint density at radius 1 is 1.18 bits per heavy atom. The molecule has 0 bridgehead atoms. The maximum absolute atomic E-state index is 12.8. The van der Waals surface area contributed by atoms with E-state index in [1.807, 2.05) is 30.3 Å². The van der Waals surface area contributed by atoms with E-state index < -0.39 is 29.8 Å². The van der Waals surface area contributed by atoms with Crippen LogP contribution in [-0.2, 0) is 16.0 Å². The molecule has 0 spiro atoms. The quantitative estimate of drug-likeness (QED) is 0.319. The van der Waals surface area contributed by atoms with Crippen LogP contribution in [0.25, 0.3) is 5.69 Å². The molecular formula is C21H20N6O6S. The Labute approximate surface area is 196 Å². The van der Waals surface area contributed by atoms with Crippen LogP contribution in [0.5, 0.6) is 0 Å². The van der Waals surface area contributed by atoms with E-state index in [-0.39, 0.29) is 22.8 Å². The molecule has 0 radical (unpaired) electrons. The topological polar surface area (TPSA) is 176 Å². The van der Waals surface area contributed by atoms with Crippen molar-refractivity contribution in [1.29, 1.82) is 0 Å². The number of carboxylic acids is 2. The Bertz CT molecular complexity index is 1280. The molecule has 12 nitrogen and oxygen atoms in total. The maximum atomic E-state index is 12.8. The highest BCUT2D eigenvalue weighted by atomic mass is 32.1. The number of rotatable bonds is 6. The van der Waals surface area contributed by atoms with Crippen LogP contribution in [-0.4, -0.2) is 62.0 Å². The van der Waals surface area contributed by atoms with E-state index in [1.54, 1.807) is 6.92 Å². The van der Waals surface area contributed by atoms with Crippen molar-refractivity contribution in [3.05, 3.63) is 57.7 Å². The molecule has 1 aliphatic heterocycles. The molecule has 3 heterocycles. The van der Waals surface area contributed by atoms with Crippen LogP contribution in [0.4, 0.5) is 5.00 Å². The molecule has 5 N–H and O–H groups in total. The molecule has 1 aromatic carbocycles. The number of amides is 2. The molecule has 1 aliphatic rings. The van der Waals surface area contributed by atoms with Crippen molar-refractivity contribution in [2.24, 2.45) is 0 Å². The van der Waals surface area contributed by atoms with E-state index in [4.69, 9.17) is 5.11 Å². The van der Waals surface area contributed by atoms with Gasteiger partial charge in [0.05, 0.1) is 23.0 Å². The van der Waals surface area contributed by atoms with E-state index in [9.17, 15) is 24.3 Å². The smallest absolute Gasteiger partial charge is 0.394 e. The molecule has 1 unspecified atom stereocenters. The average molecular weight is 484 g/mol. The van der Waals surface area contributed by atoms with Crippen molar-refractivity contribution in [2.75, 3.05) is 18.4 Å². The summed E-state index contributed by atoms with van der Waals surface area (Å²) >= 11 is 0.974. The number of para-hydroxylation sites is 1. The fourth-order valence-electron chi connectivity index (χ4n) is 3.66. The van der Waals surface area contributed by atoms with Crippen molar-refractivity contribution in [3.8, 4) is 5.69 Å². The van der Waals surface area contributed by atoms with Gasteiger partial charge in [-0.2, -0.15) is 9.90 Å². The Hall–Kier alpha value is -4.10. The van der Waals surface area contributed by atoms with Crippen LogP contribution in [0.3, 0.4) is 0 Å². The number of carbonyl (C=O) groups excluding carboxylic acids is 2. The summed E-state index contributed by atoms with van der Waals surface area (Å²) in [5.74, 6) is -4.75. The van der Waals surface area contributed by atoms with Crippen LogP contribution in [0.15, 0.2) is 30.3 Å². The molecule has 2 amide bonds. The summed E-state index contributed by atoms with van der Waals surface area (Å²) in [4.78, 5) is 49.1. The zero-order valence-corrected chi connectivity index (χ0v) is 18.7. The summed E-state index contributed by atoms with van der Waals surface area (Å²) in [5, 5.41) is 35.2. The molecule has 4 rings (SSSR count). The van der Waals surface area contributed by atoms with Crippen molar-refractivity contribution < 1.29 is 29.4 Å². The van der Waals surface area contributed by atoms with Gasteiger partial charge in [-0.15, -0.1) is 16.4 Å². The molecular weight excluding hydrogens is 464 g/mol. The summed E-state index contributed by atoms with van der Waals surface area (Å²) in [6.45, 7) is 2.24. The molecule has 0 saturated carbocycles. The van der Waals surface area contributed by atoms with E-state index in [0.29, 0.717) is 34.8 Å². The van der Waals surface area contributed by atoms with Gasteiger partial charge in [0.1, 0.15) is 5.00 Å². The van der Waals surface area contributed by atoms with Crippen molar-refractivity contribution in [2.45, 2.75) is 19.4 Å². The molecule has 2 aromatic heterocycles. The summed E-state index contributed by atoms with van der Waals surface area (Å²) in [7, 11) is 0. The van der Waals surface area contributed by atoms with Gasteiger partial charge in [-0.05, 0) is 37.6 Å². The summed E-state index contributed by atoms with van der Waals surface area (Å²) in [6.07, 6.45) is 0.380. The minimum Gasteiger partial charge on any atom is -0.478 e. The lowest BCUT2D eigenvalue weighted by molar-refractivity contribution is -0.147. The predicted molar refractivity (Wildman–Crippen MR) is 120 cm³/mol. The highest BCUT2D eigenvalue weighted by Crippen LogP contribution is 2.39. The SMILES string of the molecule is Cc1nn(-c2ccccc2)nc1C(=O)NCC1NCCc2c1sc(NC(=O)C(=O)O)c2C(=O)O. The number of carbonyl (C=O) groups is 4. The molecule has 34 heavy (non-hydrogen) atoms. The van der Waals surface area contributed by atoms with Crippen molar-refractivity contribution in [3.63, 3.8) is 0 Å². The molecule has 0 aliphatic carbocycles. The number of hydrogen-bond acceptors (Lipinski definition) is 8. The number of nitrogens with zero attached hydrogens (tertiary/aromatic N) is 3. The monoisotopic (exact) mass is 484 g/mol. The van der Waals surface area contributed by atoms with Crippen molar-refractivity contribution in [1.82, 2.24) is 25.6 Å². The van der Waals surface area contributed by atoms with Crippen LogP contribution >= 0.6 is 11.3 Å². The lowest BCUT2D eigenvalue weighted by Gasteiger charge is -2.24. The average Bonchev–Trinajstić information content (AvgIpc) is 3.38. The number of benzene rings is 1. The van der Waals surface area contributed by atoms with E-state index >= 15 is 0 Å². The number of fused-ring (bicyclic) bond motifs is 1. The first-order chi connectivity index (χ1) is 16.3. The minimum atomic E-state index is -1.72. The van der Waals surface area contributed by atoms with Crippen LogP contribution < -0.4 is 16.0 Å². The molecule has 1 atom stereocenters. The minimum absolute atomic E-state index is 0.0495. The molecule has 0 fully saturated rings. The zero-order chi connectivity index (χ0) is 24.4. The lowest BCUT2D eigenvalue weighted by Crippen LogP contribution is -2.38. The first kappa shape index (κ1) is 23.1. The fraction of sp³-hybridized carbons (Fsp3) is 0.238. The largest absolute Gasteiger partial charge is 0.478 e. The van der Waals surface area contributed by atoms with Gasteiger partial charge in [-0.25, -0.2) is 9.59 Å². The first-order valence-electron chi connectivity index (χ1n) is 10.2. The third kappa shape index (κ3) is 4.51. The Kier molecular flexibility index (Phi) is 6.38. The van der Waals surface area contributed by atoms with Gasteiger partial charge in [0.2, 0.25) is 0 Å². The van der Waals surface area contributed by atoms with E-state index in [0.717, 1.165) is 11.3 Å². The maximum Gasteiger partial charge on any atom is 0.394 e. The number of hydrogen-bond donors (Lipinski definition) is 5. The normalized spacial score (nSPS) is 14.8. The number of nitrogens with one attached hydrogen (secondary N) is 3. The molecule has 0 saturated heterocycles. The lowest BCUT2D eigenvalue weighted by atomic mass is 9.99. The summed E-state index contributed by atoms with van der Waals surface area (Å²) in [5.41, 5.74) is 1.68. The standard InChI is InChI=1S/C21H20N6O6S/c1-10-15(26-27(25-10)11-5-3-2-4-6-11)17(28)23-9-13-16-12(7-8-22-13)14(20(30)31)19(34-16)24-18(29)21(32)33/h2-6,13,22H,7-9H2,1H3,(H,23,28)(H,24,29)(H,30,31)(H,32,33). The van der Waals surface area contributed by atoms with Gasteiger partial charge in [-0.3, -0.25) is 9.59 Å². The molecule has 176 valence electrons. The molecule has 13 heteroatoms. The number of carboxylic acid groups (broad SMARTS) is 2. The van der Waals surface area contributed by atoms with Crippen LogP contribution in [0.2, 0.25) is 0 Å². The second-order valence-electron chi connectivity index (χ2n) is 7.44. The van der Waals surface area contributed by atoms with Gasteiger partial charge < -0.3 is 26.2 Å². The van der Waals surface area contributed by atoms with E-state index in [2.05, 4.69) is 26.1 Å². The van der Waals surface area contributed by atoms with Crippen LogP contribution in [0, 0.1) is 6.92 Å². The zero-order valence-electron chi connectivity index (χ0n) is 17.9. The van der Waals surface area contributed by atoms with Gasteiger partial charge in [0, 0.05) is 11.4 Å². The first-order valence-corrected chi connectivity index (χ1v) is 11.0. The predicted octanol–water partition coefficient (Wildman–Crippen LogP) is 0.975. The summed E-state index contributed by atoms with van der Waals surface area (Å²) in [6, 6.07) is 8.71. The molecule has 3 aromatic rings. The van der Waals surface area contributed by atoms with Gasteiger partial charge in [-0.1, -0.05) is 18.2 Å². The Morgan fingerprint density at radius 2 is 1.91 bits per heavy atom. The third-order valence-electron chi connectivity index (χ3n) is 5.21. The van der Waals surface area contributed by atoms with Gasteiger partial charge in [0.25, 0.3) is 5.91 Å². The number of anilines is 1. The number of aryl methyl sites for hydroxylation is 1. The van der Waals surface area contributed by atoms with Gasteiger partial charge >= 0.3 is 17.8 Å². The fourth-order valence-corrected chi connectivity index (χ4v) is 4.97. The Balaban J connectivity index is 1.53. The van der Waals surface area contributed by atoms with Gasteiger partial charge in [0.15, 0.2) is 5.69 Å².